The summed E-state index contributed by atoms with van der Waals surface area (Å²) in [7, 11) is 0. The maximum absolute atomic E-state index is 3.92. The fraction of sp³-hybridized carbons (Fsp3) is 0.818. The van der Waals surface area contributed by atoms with E-state index in [9.17, 15) is 0 Å². The van der Waals surface area contributed by atoms with Crippen LogP contribution in [0.3, 0.4) is 0 Å². The molecule has 0 aromatic carbocycles. The Balaban J connectivity index is 2.08. The highest BCUT2D eigenvalue weighted by molar-refractivity contribution is 5.11. The highest BCUT2D eigenvalue weighted by Crippen LogP contribution is 2.50. The van der Waals surface area contributed by atoms with Crippen LogP contribution < -0.4 is 0 Å². The first kappa shape index (κ1) is 8.31. The van der Waals surface area contributed by atoms with Gasteiger partial charge in [0.1, 0.15) is 0 Å². The van der Waals surface area contributed by atoms with Crippen LogP contribution >= 0.6 is 0 Å². The zero-order valence-corrected chi connectivity index (χ0v) is 8.21. The second-order valence-corrected chi connectivity index (χ2v) is 4.60. The third-order valence-electron chi connectivity index (χ3n) is 3.85. The molecule has 1 saturated carbocycles. The normalized spacial score (nSPS) is 47.8. The van der Waals surface area contributed by atoms with Crippen molar-refractivity contribution in [2.45, 2.75) is 44.7 Å². The molecule has 0 spiro atoms. The molecule has 2 rings (SSSR count). The lowest BCUT2D eigenvalue weighted by Gasteiger charge is -2.29. The Morgan fingerprint density at radius 2 is 2.25 bits per heavy atom. The molecular weight excluding hydrogens is 146 g/mol. The van der Waals surface area contributed by atoms with E-state index >= 15 is 0 Å². The topological polar surface area (TPSA) is 3.24 Å². The molecule has 2 aliphatic rings. The molecule has 0 bridgehead atoms. The first-order chi connectivity index (χ1) is 5.68. The molecule has 3 unspecified atom stereocenters. The number of likely N-dealkylation sites (tertiary alicyclic amines) is 1. The van der Waals surface area contributed by atoms with E-state index in [1.807, 2.05) is 0 Å². The SMILES string of the molecule is C=CC1CCCN1C1(C)CC1C. The van der Waals surface area contributed by atoms with Gasteiger partial charge in [-0.15, -0.1) is 6.58 Å². The van der Waals surface area contributed by atoms with Gasteiger partial charge in [0.25, 0.3) is 0 Å². The van der Waals surface area contributed by atoms with Crippen LogP contribution in [-0.2, 0) is 0 Å². The van der Waals surface area contributed by atoms with Crippen molar-refractivity contribution in [3.8, 4) is 0 Å². The minimum atomic E-state index is 0.523. The lowest BCUT2D eigenvalue weighted by atomic mass is 10.1. The van der Waals surface area contributed by atoms with Crippen molar-refractivity contribution in [1.82, 2.24) is 4.90 Å². The highest BCUT2D eigenvalue weighted by atomic mass is 15.3. The van der Waals surface area contributed by atoms with Gasteiger partial charge in [-0.2, -0.15) is 0 Å². The van der Waals surface area contributed by atoms with Crippen molar-refractivity contribution in [2.75, 3.05) is 6.54 Å². The lowest BCUT2D eigenvalue weighted by molar-refractivity contribution is 0.188. The van der Waals surface area contributed by atoms with Crippen LogP contribution in [0, 0.1) is 5.92 Å². The van der Waals surface area contributed by atoms with Gasteiger partial charge in [0, 0.05) is 11.6 Å². The summed E-state index contributed by atoms with van der Waals surface area (Å²) in [6, 6.07) is 0.667. The Kier molecular flexibility index (Phi) is 1.80. The van der Waals surface area contributed by atoms with Crippen LogP contribution in [-0.4, -0.2) is 23.0 Å². The van der Waals surface area contributed by atoms with Gasteiger partial charge in [0.05, 0.1) is 0 Å². The van der Waals surface area contributed by atoms with E-state index in [0.717, 1.165) is 5.92 Å². The van der Waals surface area contributed by atoms with E-state index in [0.29, 0.717) is 11.6 Å². The van der Waals surface area contributed by atoms with Gasteiger partial charge in [-0.25, -0.2) is 0 Å². The van der Waals surface area contributed by atoms with Crippen molar-refractivity contribution in [3.63, 3.8) is 0 Å². The molecular formula is C11H19N. The van der Waals surface area contributed by atoms with Crippen LogP contribution in [0.4, 0.5) is 0 Å². The van der Waals surface area contributed by atoms with Gasteiger partial charge in [-0.1, -0.05) is 13.0 Å². The van der Waals surface area contributed by atoms with Crippen molar-refractivity contribution in [1.29, 1.82) is 0 Å². The lowest BCUT2D eigenvalue weighted by Crippen LogP contribution is -2.39. The third-order valence-corrected chi connectivity index (χ3v) is 3.85. The fourth-order valence-corrected chi connectivity index (χ4v) is 2.63. The Morgan fingerprint density at radius 3 is 2.75 bits per heavy atom. The van der Waals surface area contributed by atoms with E-state index in [1.54, 1.807) is 0 Å². The summed E-state index contributed by atoms with van der Waals surface area (Å²) in [6.07, 6.45) is 6.20. The minimum absolute atomic E-state index is 0.523. The van der Waals surface area contributed by atoms with Gasteiger partial charge in [-0.05, 0) is 38.6 Å². The van der Waals surface area contributed by atoms with Gasteiger partial charge in [0.2, 0.25) is 0 Å². The molecule has 2 fully saturated rings. The van der Waals surface area contributed by atoms with Gasteiger partial charge in [-0.3, -0.25) is 4.90 Å². The van der Waals surface area contributed by atoms with E-state index in [1.165, 1.54) is 25.8 Å². The summed E-state index contributed by atoms with van der Waals surface area (Å²) < 4.78 is 0. The summed E-state index contributed by atoms with van der Waals surface area (Å²) in [5.74, 6) is 0.901. The third kappa shape index (κ3) is 1.03. The van der Waals surface area contributed by atoms with E-state index in [2.05, 4.69) is 31.4 Å². The fourth-order valence-electron chi connectivity index (χ4n) is 2.63. The maximum Gasteiger partial charge on any atom is 0.0281 e. The zero-order chi connectivity index (χ0) is 8.77. The Bertz CT molecular complexity index is 199. The second-order valence-electron chi connectivity index (χ2n) is 4.60. The number of hydrogen-bond acceptors (Lipinski definition) is 1. The molecule has 3 atom stereocenters. The molecule has 1 saturated heterocycles. The van der Waals surface area contributed by atoms with E-state index in [4.69, 9.17) is 0 Å². The molecule has 0 radical (unpaired) electrons. The zero-order valence-electron chi connectivity index (χ0n) is 8.21. The smallest absolute Gasteiger partial charge is 0.0281 e. The largest absolute Gasteiger partial charge is 0.291 e. The molecule has 1 aliphatic heterocycles. The predicted octanol–water partition coefficient (Wildman–Crippen LogP) is 2.44. The molecule has 0 aromatic heterocycles. The molecule has 12 heavy (non-hydrogen) atoms. The van der Waals surface area contributed by atoms with Gasteiger partial charge >= 0.3 is 0 Å². The van der Waals surface area contributed by atoms with Crippen molar-refractivity contribution < 1.29 is 0 Å². The van der Waals surface area contributed by atoms with Crippen LogP contribution in [0.2, 0.25) is 0 Å². The molecule has 0 amide bonds. The molecule has 1 heteroatoms. The summed E-state index contributed by atoms with van der Waals surface area (Å²) in [5, 5.41) is 0. The standard InChI is InChI=1S/C11H19N/c1-4-10-6-5-7-12(10)11(3)8-9(11)2/h4,9-10H,1,5-8H2,2-3H3. The van der Waals surface area contributed by atoms with Gasteiger partial charge in [0.15, 0.2) is 0 Å². The van der Waals surface area contributed by atoms with Crippen LogP contribution in [0.25, 0.3) is 0 Å². The number of nitrogens with zero attached hydrogens (tertiary/aromatic N) is 1. The number of rotatable bonds is 2. The monoisotopic (exact) mass is 165 g/mol. The van der Waals surface area contributed by atoms with Crippen LogP contribution in [0.15, 0.2) is 12.7 Å². The van der Waals surface area contributed by atoms with Gasteiger partial charge < -0.3 is 0 Å². The highest BCUT2D eigenvalue weighted by Gasteiger charge is 2.53. The Morgan fingerprint density at radius 1 is 1.58 bits per heavy atom. The summed E-state index contributed by atoms with van der Waals surface area (Å²) >= 11 is 0. The first-order valence-electron chi connectivity index (χ1n) is 5.08. The summed E-state index contributed by atoms with van der Waals surface area (Å²) in [4.78, 5) is 2.66. The van der Waals surface area contributed by atoms with E-state index < -0.39 is 0 Å². The van der Waals surface area contributed by atoms with Crippen LogP contribution in [0.5, 0.6) is 0 Å². The maximum atomic E-state index is 3.92. The second kappa shape index (κ2) is 2.59. The van der Waals surface area contributed by atoms with E-state index in [-0.39, 0.29) is 0 Å². The average molecular weight is 165 g/mol. The summed E-state index contributed by atoms with van der Waals surface area (Å²) in [5.41, 5.74) is 0.523. The molecule has 1 aliphatic carbocycles. The Hall–Kier alpha value is -0.300. The first-order valence-corrected chi connectivity index (χ1v) is 5.08. The Labute approximate surface area is 75.4 Å². The molecule has 68 valence electrons. The number of hydrogen-bond donors (Lipinski definition) is 0. The molecule has 1 heterocycles. The summed E-state index contributed by atoms with van der Waals surface area (Å²) in [6.45, 7) is 9.97. The molecule has 1 nitrogen and oxygen atoms in total. The van der Waals surface area contributed by atoms with Crippen molar-refractivity contribution >= 4 is 0 Å². The van der Waals surface area contributed by atoms with Crippen LogP contribution in [0.1, 0.15) is 33.1 Å². The van der Waals surface area contributed by atoms with Crippen molar-refractivity contribution in [3.05, 3.63) is 12.7 Å². The average Bonchev–Trinajstić information content (AvgIpc) is 2.56. The molecule has 0 aromatic rings. The molecule has 0 N–H and O–H groups in total. The predicted molar refractivity (Wildman–Crippen MR) is 52.1 cm³/mol. The quantitative estimate of drug-likeness (QED) is 0.568. The minimum Gasteiger partial charge on any atom is -0.291 e. The van der Waals surface area contributed by atoms with Crippen molar-refractivity contribution in [2.24, 2.45) is 5.92 Å².